The highest BCUT2D eigenvalue weighted by Gasteiger charge is 2.56. The number of allylic oxidation sites excluding steroid dienone is 2. The van der Waals surface area contributed by atoms with Crippen LogP contribution in [0.3, 0.4) is 0 Å². The zero-order valence-corrected chi connectivity index (χ0v) is 17.2. The Morgan fingerprint density at radius 3 is 2.12 bits per heavy atom. The number of aromatic nitrogens is 3. The first kappa shape index (κ1) is 18.7. The largest absolute Gasteiger partial charge is 0.274 e. The average molecular weight is 420 g/mol. The van der Waals surface area contributed by atoms with Gasteiger partial charge in [-0.1, -0.05) is 78.0 Å². The van der Waals surface area contributed by atoms with Gasteiger partial charge in [0.05, 0.1) is 29.1 Å². The monoisotopic (exact) mass is 420 g/mol. The second-order valence-corrected chi connectivity index (χ2v) is 8.23. The molecule has 0 spiro atoms. The standard InChI is InChI=1S/C26H20N4O2/c31-25-23-19(17-9-3-1-4-10-17)15-16-22(30-21-14-8-7-13-20(21)27-28-30)24(23)26(32)29(25)18-11-5-2-6-12-18/h1-16,19,22-24H. The van der Waals surface area contributed by atoms with Gasteiger partial charge in [0, 0.05) is 5.92 Å². The summed E-state index contributed by atoms with van der Waals surface area (Å²) >= 11 is 0. The van der Waals surface area contributed by atoms with Crippen LogP contribution in [-0.2, 0) is 9.59 Å². The van der Waals surface area contributed by atoms with Gasteiger partial charge in [0.15, 0.2) is 0 Å². The Hall–Kier alpha value is -4.06. The molecular formula is C26H20N4O2. The zero-order valence-electron chi connectivity index (χ0n) is 17.2. The van der Waals surface area contributed by atoms with Crippen LogP contribution >= 0.6 is 0 Å². The maximum atomic E-state index is 13.8. The van der Waals surface area contributed by atoms with Crippen LogP contribution in [0.15, 0.2) is 97.1 Å². The molecule has 156 valence electrons. The van der Waals surface area contributed by atoms with Crippen LogP contribution in [0.4, 0.5) is 5.69 Å². The Bertz CT molecular complexity index is 1350. The molecular weight excluding hydrogens is 400 g/mol. The highest BCUT2D eigenvalue weighted by atomic mass is 16.2. The summed E-state index contributed by atoms with van der Waals surface area (Å²) in [6, 6.07) is 26.4. The first-order chi connectivity index (χ1) is 15.7. The van der Waals surface area contributed by atoms with E-state index in [4.69, 9.17) is 0 Å². The third-order valence-corrected chi connectivity index (χ3v) is 6.53. The summed E-state index contributed by atoms with van der Waals surface area (Å²) in [6.07, 6.45) is 4.07. The van der Waals surface area contributed by atoms with E-state index in [1.165, 1.54) is 4.90 Å². The summed E-state index contributed by atoms with van der Waals surface area (Å²) in [5.41, 5.74) is 3.24. The Kier molecular flexibility index (Phi) is 4.24. The number of fused-ring (bicyclic) bond motifs is 2. The van der Waals surface area contributed by atoms with E-state index in [9.17, 15) is 9.59 Å². The topological polar surface area (TPSA) is 68.1 Å². The number of imide groups is 1. The molecule has 0 radical (unpaired) electrons. The van der Waals surface area contributed by atoms with Crippen molar-refractivity contribution in [3.63, 3.8) is 0 Å². The first-order valence-corrected chi connectivity index (χ1v) is 10.7. The summed E-state index contributed by atoms with van der Waals surface area (Å²) in [5, 5.41) is 8.64. The van der Waals surface area contributed by atoms with Gasteiger partial charge >= 0.3 is 0 Å². The van der Waals surface area contributed by atoms with Gasteiger partial charge in [0.2, 0.25) is 11.8 Å². The van der Waals surface area contributed by atoms with E-state index in [0.717, 1.165) is 16.6 Å². The molecule has 4 unspecified atom stereocenters. The minimum atomic E-state index is -0.567. The number of hydrogen-bond acceptors (Lipinski definition) is 4. The maximum Gasteiger partial charge on any atom is 0.240 e. The molecule has 4 atom stereocenters. The van der Waals surface area contributed by atoms with Crippen LogP contribution < -0.4 is 4.90 Å². The number of anilines is 1. The minimum absolute atomic E-state index is 0.168. The summed E-state index contributed by atoms with van der Waals surface area (Å²) in [6.45, 7) is 0. The van der Waals surface area contributed by atoms with Gasteiger partial charge in [0.25, 0.3) is 0 Å². The van der Waals surface area contributed by atoms with Gasteiger partial charge in [-0.3, -0.25) is 9.59 Å². The lowest BCUT2D eigenvalue weighted by atomic mass is 9.72. The van der Waals surface area contributed by atoms with Crippen LogP contribution in [-0.4, -0.2) is 26.8 Å². The van der Waals surface area contributed by atoms with Crippen molar-refractivity contribution < 1.29 is 9.59 Å². The number of para-hydroxylation sites is 2. The third-order valence-electron chi connectivity index (χ3n) is 6.53. The molecule has 32 heavy (non-hydrogen) atoms. The third kappa shape index (κ3) is 2.73. The fraction of sp³-hybridized carbons (Fsp3) is 0.154. The molecule has 4 aromatic rings. The molecule has 1 aromatic heterocycles. The first-order valence-electron chi connectivity index (χ1n) is 10.7. The smallest absolute Gasteiger partial charge is 0.240 e. The second-order valence-electron chi connectivity index (χ2n) is 8.23. The molecule has 6 rings (SSSR count). The summed E-state index contributed by atoms with van der Waals surface area (Å²) in [7, 11) is 0. The number of nitrogens with zero attached hydrogens (tertiary/aromatic N) is 4. The molecule has 6 nitrogen and oxygen atoms in total. The van der Waals surface area contributed by atoms with Gasteiger partial charge < -0.3 is 0 Å². The summed E-state index contributed by atoms with van der Waals surface area (Å²) in [4.78, 5) is 28.9. The van der Waals surface area contributed by atoms with Crippen molar-refractivity contribution in [2.75, 3.05) is 4.90 Å². The zero-order chi connectivity index (χ0) is 21.7. The van der Waals surface area contributed by atoms with Crippen LogP contribution in [0.5, 0.6) is 0 Å². The number of amides is 2. The molecule has 1 fully saturated rings. The normalized spacial score (nSPS) is 24.8. The molecule has 0 saturated carbocycles. The number of carbonyl (C=O) groups is 2. The van der Waals surface area contributed by atoms with Crippen LogP contribution in [0.2, 0.25) is 0 Å². The Labute approximate surface area is 184 Å². The molecule has 1 saturated heterocycles. The van der Waals surface area contributed by atoms with Crippen molar-refractivity contribution in [3.05, 3.63) is 103 Å². The SMILES string of the molecule is O=C1C2C(c3ccccc3)C=CC(n3nnc4ccccc43)C2C(=O)N1c1ccccc1. The Balaban J connectivity index is 1.51. The molecule has 6 heteroatoms. The molecule has 3 aromatic carbocycles. The van der Waals surface area contributed by atoms with Crippen molar-refractivity contribution in [1.82, 2.24) is 15.0 Å². The molecule has 1 aliphatic heterocycles. The molecule has 0 bridgehead atoms. The lowest BCUT2D eigenvalue weighted by molar-refractivity contribution is -0.122. The Morgan fingerprint density at radius 2 is 1.34 bits per heavy atom. The minimum Gasteiger partial charge on any atom is -0.274 e. The maximum absolute atomic E-state index is 13.8. The van der Waals surface area contributed by atoms with E-state index in [0.29, 0.717) is 5.69 Å². The van der Waals surface area contributed by atoms with Gasteiger partial charge in [-0.15, -0.1) is 5.10 Å². The number of carbonyl (C=O) groups excluding carboxylic acids is 2. The van der Waals surface area contributed by atoms with E-state index < -0.39 is 17.9 Å². The average Bonchev–Trinajstić information content (AvgIpc) is 3.39. The van der Waals surface area contributed by atoms with Crippen LogP contribution in [0.25, 0.3) is 11.0 Å². The second kappa shape index (κ2) is 7.27. The van der Waals surface area contributed by atoms with Crippen LogP contribution in [0, 0.1) is 11.8 Å². The van der Waals surface area contributed by atoms with Crippen molar-refractivity contribution in [2.24, 2.45) is 11.8 Å². The number of hydrogen-bond donors (Lipinski definition) is 0. The lowest BCUT2D eigenvalue weighted by Gasteiger charge is -2.32. The van der Waals surface area contributed by atoms with Crippen LogP contribution in [0.1, 0.15) is 17.5 Å². The fourth-order valence-corrected chi connectivity index (χ4v) is 5.09. The van der Waals surface area contributed by atoms with E-state index in [2.05, 4.69) is 16.4 Å². The molecule has 1 aliphatic carbocycles. The van der Waals surface area contributed by atoms with Crippen molar-refractivity contribution >= 4 is 28.5 Å². The number of rotatable bonds is 3. The van der Waals surface area contributed by atoms with E-state index in [-0.39, 0.29) is 17.7 Å². The highest BCUT2D eigenvalue weighted by molar-refractivity contribution is 6.22. The predicted molar refractivity (Wildman–Crippen MR) is 121 cm³/mol. The van der Waals surface area contributed by atoms with E-state index >= 15 is 0 Å². The predicted octanol–water partition coefficient (Wildman–Crippen LogP) is 4.13. The summed E-state index contributed by atoms with van der Waals surface area (Å²) < 4.78 is 1.78. The fourth-order valence-electron chi connectivity index (χ4n) is 5.09. The quantitative estimate of drug-likeness (QED) is 0.369. The molecule has 2 heterocycles. The number of benzene rings is 3. The molecule has 2 amide bonds. The van der Waals surface area contributed by atoms with E-state index in [1.807, 2.05) is 78.9 Å². The van der Waals surface area contributed by atoms with Crippen molar-refractivity contribution in [1.29, 1.82) is 0 Å². The van der Waals surface area contributed by atoms with Crippen molar-refractivity contribution in [3.8, 4) is 0 Å². The highest BCUT2D eigenvalue weighted by Crippen LogP contribution is 2.48. The van der Waals surface area contributed by atoms with Gasteiger partial charge in [-0.25, -0.2) is 9.58 Å². The molecule has 0 N–H and O–H groups in total. The lowest BCUT2D eigenvalue weighted by Crippen LogP contribution is -2.34. The van der Waals surface area contributed by atoms with Gasteiger partial charge in [-0.05, 0) is 29.8 Å². The van der Waals surface area contributed by atoms with Gasteiger partial charge in [-0.2, -0.15) is 0 Å². The van der Waals surface area contributed by atoms with Crippen molar-refractivity contribution in [2.45, 2.75) is 12.0 Å². The van der Waals surface area contributed by atoms with E-state index in [1.54, 1.807) is 16.8 Å². The molecule has 2 aliphatic rings. The van der Waals surface area contributed by atoms with Gasteiger partial charge in [0.1, 0.15) is 5.52 Å². The Morgan fingerprint density at radius 1 is 0.688 bits per heavy atom. The summed E-state index contributed by atoms with van der Waals surface area (Å²) in [5.74, 6) is -1.62.